The van der Waals surface area contributed by atoms with Crippen LogP contribution >= 0.6 is 47.8 Å². The van der Waals surface area contributed by atoms with Gasteiger partial charge in [-0.25, -0.2) is 24.9 Å². The zero-order valence-corrected chi connectivity index (χ0v) is 60.0. The number of carbonyl (C=O) groups excluding carboxylic acids is 5. The highest BCUT2D eigenvalue weighted by Gasteiger charge is 2.57. The summed E-state index contributed by atoms with van der Waals surface area (Å²) in [6, 6.07) is 5.99. The highest BCUT2D eigenvalue weighted by atomic mass is 79.9. The minimum absolute atomic E-state index is 0.0262. The second kappa shape index (κ2) is 31.8. The third kappa shape index (κ3) is 14.9. The van der Waals surface area contributed by atoms with E-state index in [1.54, 1.807) is 6.92 Å². The molecule has 0 bridgehead atoms. The zero-order chi connectivity index (χ0) is 75.4. The zero-order valence-electron chi connectivity index (χ0n) is 55.2. The van der Waals surface area contributed by atoms with Gasteiger partial charge in [-0.15, -0.1) is 0 Å². The van der Waals surface area contributed by atoms with E-state index in [2.05, 4.69) is 92.6 Å². The largest absolute Gasteiger partial charge is 0.455 e. The molecule has 13 atom stereocenters. The maximum Gasteiger partial charge on any atom is 0.305 e. The van der Waals surface area contributed by atoms with E-state index in [4.69, 9.17) is 76.0 Å². The minimum atomic E-state index is -1.90. The molecule has 544 valence electrons. The number of hydrogen-bond donors (Lipinski definition) is 15. The molecule has 4 unspecified atom stereocenters. The Morgan fingerprint density at radius 1 is 0.637 bits per heavy atom. The molecule has 17 N–H and O–H groups in total. The number of carbonyl (C=O) groups is 5. The maximum absolute atomic E-state index is 12.0. The van der Waals surface area contributed by atoms with Crippen LogP contribution in [0.3, 0.4) is 0 Å². The van der Waals surface area contributed by atoms with Crippen molar-refractivity contribution in [3.63, 3.8) is 0 Å². The topological polar surface area (TPSA) is 618 Å². The van der Waals surface area contributed by atoms with Crippen molar-refractivity contribution < 1.29 is 92.5 Å². The molecule has 102 heavy (non-hydrogen) atoms. The number of ether oxygens (including phenoxy) is 8. The number of hydrogen-bond acceptors (Lipinski definition) is 31. The number of primary amides is 1. The molecule has 39 nitrogen and oxygen atoms in total. The molecule has 4 saturated heterocycles. The number of halogens is 3. The smallest absolute Gasteiger partial charge is 0.305 e. The number of nitrogens with one attached hydrogen (secondary N) is 7. The van der Waals surface area contributed by atoms with Crippen LogP contribution in [-0.4, -0.2) is 207 Å². The van der Waals surface area contributed by atoms with Crippen LogP contribution in [0.1, 0.15) is 94.1 Å². The summed E-state index contributed by atoms with van der Waals surface area (Å²) in [5.74, 6) is -2.40. The lowest BCUT2D eigenvalue weighted by atomic mass is 9.99. The van der Waals surface area contributed by atoms with Gasteiger partial charge >= 0.3 is 23.9 Å². The summed E-state index contributed by atoms with van der Waals surface area (Å²) in [4.78, 5) is 88.3. The lowest BCUT2D eigenvalue weighted by Crippen LogP contribution is -2.52. The number of H-pyrrole nitrogens is 4. The van der Waals surface area contributed by atoms with Crippen LogP contribution in [-0.2, 0) is 74.2 Å². The fraction of sp³-hybridized carbons (Fsp3) is 0.467. The number of amides is 1. The van der Waals surface area contributed by atoms with Crippen molar-refractivity contribution in [2.24, 2.45) is 11.7 Å². The molecule has 0 aromatic carbocycles. The summed E-state index contributed by atoms with van der Waals surface area (Å²) in [6.07, 6.45) is -1.20. The molecule has 4 fully saturated rings. The molecule has 0 radical (unpaired) electrons. The van der Waals surface area contributed by atoms with E-state index in [0.717, 1.165) is 12.7 Å². The fourth-order valence-corrected chi connectivity index (χ4v) is 13.4. The summed E-state index contributed by atoms with van der Waals surface area (Å²) < 4.78 is 48.1. The van der Waals surface area contributed by atoms with Gasteiger partial charge in [-0.1, -0.05) is 20.8 Å². The van der Waals surface area contributed by atoms with Crippen LogP contribution in [0.4, 0.5) is 5.82 Å². The molecule has 0 spiro atoms. The molecule has 8 aromatic rings. The van der Waals surface area contributed by atoms with E-state index in [-0.39, 0.29) is 92.4 Å². The normalized spacial score (nSPS) is 25.5. The van der Waals surface area contributed by atoms with Gasteiger partial charge in [0, 0.05) is 39.3 Å². The van der Waals surface area contributed by atoms with Gasteiger partial charge in [0.2, 0.25) is 6.29 Å². The van der Waals surface area contributed by atoms with Crippen molar-refractivity contribution in [1.29, 1.82) is 32.0 Å². The van der Waals surface area contributed by atoms with Crippen LogP contribution in [0.25, 0.3) is 44.1 Å². The Hall–Kier alpha value is -9.46. The summed E-state index contributed by atoms with van der Waals surface area (Å²) in [5, 5.41) is 113. The monoisotopic (exact) mass is 1610 g/mol. The van der Waals surface area contributed by atoms with Gasteiger partial charge in [0.15, 0.2) is 40.1 Å². The van der Waals surface area contributed by atoms with Crippen LogP contribution in [0.2, 0.25) is 0 Å². The van der Waals surface area contributed by atoms with Crippen LogP contribution in [0, 0.1) is 63.1 Å². The van der Waals surface area contributed by atoms with E-state index in [1.165, 1.54) is 60.4 Å². The third-order valence-corrected chi connectivity index (χ3v) is 18.6. The van der Waals surface area contributed by atoms with Crippen molar-refractivity contribution in [1.82, 2.24) is 58.6 Å². The lowest BCUT2D eigenvalue weighted by Gasteiger charge is -2.35. The average Bonchev–Trinajstić information content (AvgIpc) is 1.57. The fourth-order valence-electron chi connectivity index (χ4n) is 12.0. The first-order valence-corrected chi connectivity index (χ1v) is 32.9. The standard InChI is InChI=1S/C17H18BrN5O5.C13H17N5O5.C12H12BrN5O4.C11H18O5.C7H4BrN5/c1-4-11-13(27-8(2)24)17(6-26-11,28-9(3)25)23-7-21-15(20)12-10(5-19)14(18)22-16(12)23;1-5-7(11(15)21)8-10(14)16-4-18(12(8)17-5)13(22)3-23-6(2-19)9(13)20;13-9-5(1-14)7-10(15)16-4-18(11(7)17-9)12(21)3-22-6(2-19)8(12)20;1-5-9-6(2)10(14-7(3)12)11(16-9)15-8(4)13;8-5-3(1-9)4-6(10)11-2-12-7(4)13-5/h7,11,13,20,22H,4,6H2,1-3H3;4,6,9,14,17,19-20,22H,2-3H2,1H3,(H2,15,21);4,6,8,15,17,19-21H,2-3H2;6,9-11H,5H2,1-4H3;2H,(H3,10,11,12,13)/t11-,13?,17-;6-,9?,13-;6-,8?,12-;6-,9+,10+,11?;/m0001./s1. The number of aromatic amines is 4. The number of anilines is 1. The molecular formula is C60H69Br3N20O19. The van der Waals surface area contributed by atoms with Crippen molar-refractivity contribution >= 4 is 128 Å². The molecular weight excluding hydrogens is 1540 g/mol. The number of nitriles is 3. The number of esters is 4. The highest BCUT2D eigenvalue weighted by molar-refractivity contribution is 9.11. The number of aromatic nitrogens is 12. The number of nitrogen functional groups attached to an aromatic ring is 1. The van der Waals surface area contributed by atoms with Gasteiger partial charge in [-0.05, 0) is 67.6 Å². The number of fused-ring (bicyclic) bond motifs is 4. The second-order valence-corrected chi connectivity index (χ2v) is 25.6. The summed E-state index contributed by atoms with van der Waals surface area (Å²) >= 11 is 9.66. The Morgan fingerprint density at radius 2 is 1.08 bits per heavy atom. The van der Waals surface area contributed by atoms with Crippen molar-refractivity contribution in [2.45, 2.75) is 141 Å². The summed E-state index contributed by atoms with van der Waals surface area (Å²) in [5.41, 5.74) is 7.82. The maximum atomic E-state index is 12.0. The van der Waals surface area contributed by atoms with Crippen molar-refractivity contribution in [3.05, 3.63) is 83.5 Å². The van der Waals surface area contributed by atoms with Crippen LogP contribution in [0.5, 0.6) is 0 Å². The van der Waals surface area contributed by atoms with E-state index >= 15 is 0 Å². The molecule has 4 aliphatic heterocycles. The number of nitrogens with zero attached hydrogens (tertiary/aromatic N) is 11. The Bertz CT molecular complexity index is 4880. The van der Waals surface area contributed by atoms with E-state index in [9.17, 15) is 60.0 Å². The van der Waals surface area contributed by atoms with Crippen LogP contribution in [0.15, 0.2) is 39.1 Å². The van der Waals surface area contributed by atoms with Gasteiger partial charge in [0.25, 0.3) is 11.6 Å². The van der Waals surface area contributed by atoms with E-state index < -0.39 is 109 Å². The molecule has 0 aliphatic carbocycles. The molecule has 0 saturated carbocycles. The van der Waals surface area contributed by atoms with Gasteiger partial charge in [-0.2, -0.15) is 15.8 Å². The Kier molecular flexibility index (Phi) is 24.4. The Labute approximate surface area is 600 Å². The molecule has 4 aliphatic rings. The number of aliphatic hydroxyl groups excluding tert-OH is 4. The first kappa shape index (κ1) is 78.3. The Morgan fingerprint density at radius 3 is 1.52 bits per heavy atom. The predicted octanol–water partition coefficient (Wildman–Crippen LogP) is 0.384. The number of nitrogens with two attached hydrogens (primary N) is 2. The molecule has 12 heterocycles. The lowest BCUT2D eigenvalue weighted by molar-refractivity contribution is -0.195. The van der Waals surface area contributed by atoms with E-state index in [1.807, 2.05) is 39.0 Å². The summed E-state index contributed by atoms with van der Waals surface area (Å²) in [6.45, 7) is 10.9. The number of aliphatic hydroxyl groups is 6. The third-order valence-electron chi connectivity index (χ3n) is 16.8. The molecule has 8 aromatic heterocycles. The van der Waals surface area contributed by atoms with Gasteiger partial charge in [0.1, 0.15) is 123 Å². The highest BCUT2D eigenvalue weighted by Crippen LogP contribution is 2.41. The second-order valence-electron chi connectivity index (χ2n) is 23.2. The number of aryl methyl sites for hydroxylation is 1. The predicted molar refractivity (Wildman–Crippen MR) is 355 cm³/mol. The summed E-state index contributed by atoms with van der Waals surface area (Å²) in [7, 11) is 0. The minimum Gasteiger partial charge on any atom is -0.455 e. The van der Waals surface area contributed by atoms with E-state index in [0.29, 0.717) is 54.0 Å². The quantitative estimate of drug-likeness (QED) is 0.0581. The SMILES string of the molecule is CC[C@@H]1OC(OC(C)=O)[C@@H](OC(C)=O)[C@@H]1C.CC[C@@H]1OC[C@@](OC(C)=O)(n2cnc(=N)c3c(C#N)c(Br)[nH]c32)C1OC(C)=O.Cc1[nH]c2c(c1C(N)=O)c(=N)ncn2[C@]1(O)CO[C@@H](CO)C1O.N#Cc1c(Br)[nH]c2c1c(=N)ncn2[C@]1(O)CO[C@@H](CO)C1O.N#Cc1c(Br)[nH]c2ncnc(N)c12. The average molecular weight is 1610 g/mol. The van der Waals surface area contributed by atoms with Crippen LogP contribution < -0.4 is 27.9 Å². The molecule has 12 rings (SSSR count). The first-order chi connectivity index (χ1) is 48.2. The van der Waals surface area contributed by atoms with Gasteiger partial charge in [-0.3, -0.25) is 53.9 Å². The van der Waals surface area contributed by atoms with Crippen molar-refractivity contribution in [3.8, 4) is 18.2 Å². The molecule has 42 heteroatoms. The molecule has 1 amide bonds. The number of rotatable bonds is 12. The van der Waals surface area contributed by atoms with Crippen molar-refractivity contribution in [2.75, 3.05) is 38.8 Å². The Balaban J connectivity index is 0.000000165. The van der Waals surface area contributed by atoms with Gasteiger partial charge < -0.3 is 99.9 Å². The first-order valence-electron chi connectivity index (χ1n) is 30.5. The van der Waals surface area contributed by atoms with Gasteiger partial charge in [0.05, 0.1) is 76.3 Å².